The first-order valence-corrected chi connectivity index (χ1v) is 10.4. The normalized spacial score (nSPS) is 16.3. The molecule has 0 unspecified atom stereocenters. The predicted molar refractivity (Wildman–Crippen MR) is 102 cm³/mol. The number of piperidine rings is 1. The number of benzene rings is 2. The van der Waals surface area contributed by atoms with Crippen LogP contribution in [0.15, 0.2) is 47.4 Å². The van der Waals surface area contributed by atoms with Crippen LogP contribution in [-0.4, -0.2) is 31.7 Å². The molecule has 2 aromatic rings. The molecule has 1 heterocycles. The van der Waals surface area contributed by atoms with Crippen molar-refractivity contribution >= 4 is 21.6 Å². The summed E-state index contributed by atoms with van der Waals surface area (Å²) in [6.45, 7) is 4.38. The van der Waals surface area contributed by atoms with Gasteiger partial charge in [0.15, 0.2) is 0 Å². The van der Waals surface area contributed by atoms with Crippen LogP contribution in [0.4, 0.5) is 10.1 Å². The Morgan fingerprint density at radius 1 is 1.07 bits per heavy atom. The second-order valence-corrected chi connectivity index (χ2v) is 8.80. The van der Waals surface area contributed by atoms with E-state index in [-0.39, 0.29) is 29.8 Å². The van der Waals surface area contributed by atoms with E-state index in [4.69, 9.17) is 0 Å². The number of halogens is 1. The highest BCUT2D eigenvalue weighted by atomic mass is 32.2. The lowest BCUT2D eigenvalue weighted by molar-refractivity contribution is -0.120. The summed E-state index contributed by atoms with van der Waals surface area (Å²) in [6, 6.07) is 11.1. The first kappa shape index (κ1) is 19.5. The number of hydrogen-bond donors (Lipinski definition) is 1. The number of nitrogens with zero attached hydrogens (tertiary/aromatic N) is 1. The number of carbonyl (C=O) groups excluding carboxylic acids is 1. The standard InChI is InChI=1S/C20H23FN2O3S/c1-14-7-8-17(13-15(14)2)22-20(24)16-9-11-23(12-10-16)27(25,26)19-6-4-3-5-18(19)21/h3-8,13,16H,9-12H2,1-2H3,(H,22,24). The minimum Gasteiger partial charge on any atom is -0.326 e. The smallest absolute Gasteiger partial charge is 0.245 e. The minimum absolute atomic E-state index is 0.110. The molecule has 0 aliphatic carbocycles. The van der Waals surface area contributed by atoms with Crippen molar-refractivity contribution in [2.75, 3.05) is 18.4 Å². The van der Waals surface area contributed by atoms with Gasteiger partial charge >= 0.3 is 0 Å². The highest BCUT2D eigenvalue weighted by Gasteiger charge is 2.33. The summed E-state index contributed by atoms with van der Waals surface area (Å²) in [5.41, 5.74) is 2.99. The number of amides is 1. The van der Waals surface area contributed by atoms with Gasteiger partial charge in [0.05, 0.1) is 0 Å². The van der Waals surface area contributed by atoms with E-state index in [9.17, 15) is 17.6 Å². The Labute approximate surface area is 159 Å². The molecule has 1 saturated heterocycles. The Morgan fingerprint density at radius 3 is 2.37 bits per heavy atom. The SMILES string of the molecule is Cc1ccc(NC(=O)C2CCN(S(=O)(=O)c3ccccc3F)CC2)cc1C. The fourth-order valence-electron chi connectivity index (χ4n) is 3.21. The Kier molecular flexibility index (Phi) is 5.62. The van der Waals surface area contributed by atoms with Gasteiger partial charge in [0.25, 0.3) is 0 Å². The summed E-state index contributed by atoms with van der Waals surface area (Å²) in [5.74, 6) is -1.13. The van der Waals surface area contributed by atoms with Crippen molar-refractivity contribution < 1.29 is 17.6 Å². The van der Waals surface area contributed by atoms with E-state index in [2.05, 4.69) is 5.32 Å². The zero-order valence-electron chi connectivity index (χ0n) is 15.4. The molecular weight excluding hydrogens is 367 g/mol. The lowest BCUT2D eigenvalue weighted by Gasteiger charge is -2.30. The second kappa shape index (κ2) is 7.78. The van der Waals surface area contributed by atoms with Crippen LogP contribution < -0.4 is 5.32 Å². The maximum atomic E-state index is 13.9. The molecule has 1 aliphatic heterocycles. The molecule has 1 amide bonds. The summed E-state index contributed by atoms with van der Waals surface area (Å²) in [6.07, 6.45) is 0.814. The molecular formula is C20H23FN2O3S. The number of carbonyl (C=O) groups is 1. The van der Waals surface area contributed by atoms with E-state index in [0.717, 1.165) is 22.9 Å². The topological polar surface area (TPSA) is 66.5 Å². The van der Waals surface area contributed by atoms with Crippen LogP contribution >= 0.6 is 0 Å². The van der Waals surface area contributed by atoms with Gasteiger partial charge in [-0.25, -0.2) is 12.8 Å². The summed E-state index contributed by atoms with van der Waals surface area (Å²) < 4.78 is 40.4. The summed E-state index contributed by atoms with van der Waals surface area (Å²) >= 11 is 0. The van der Waals surface area contributed by atoms with Gasteiger partial charge in [-0.3, -0.25) is 4.79 Å². The summed E-state index contributed by atoms with van der Waals surface area (Å²) in [7, 11) is -3.88. The number of aryl methyl sites for hydroxylation is 2. The van der Waals surface area contributed by atoms with E-state index in [0.29, 0.717) is 12.8 Å². The van der Waals surface area contributed by atoms with E-state index in [1.165, 1.54) is 22.5 Å². The molecule has 0 radical (unpaired) electrons. The van der Waals surface area contributed by atoms with E-state index < -0.39 is 15.8 Å². The molecule has 1 aliphatic rings. The Morgan fingerprint density at radius 2 is 1.74 bits per heavy atom. The van der Waals surface area contributed by atoms with E-state index in [1.54, 1.807) is 0 Å². The van der Waals surface area contributed by atoms with Crippen LogP contribution in [0.25, 0.3) is 0 Å². The van der Waals surface area contributed by atoms with Gasteiger partial charge in [-0.05, 0) is 62.1 Å². The molecule has 3 rings (SSSR count). The predicted octanol–water partition coefficient (Wildman–Crippen LogP) is 3.48. The van der Waals surface area contributed by atoms with E-state index >= 15 is 0 Å². The van der Waals surface area contributed by atoms with E-state index in [1.807, 2.05) is 32.0 Å². The number of nitrogens with one attached hydrogen (secondary N) is 1. The molecule has 0 saturated carbocycles. The number of sulfonamides is 1. The first-order chi connectivity index (χ1) is 12.8. The van der Waals surface area contributed by atoms with Gasteiger partial charge in [0.1, 0.15) is 10.7 Å². The summed E-state index contributed by atoms with van der Waals surface area (Å²) in [5, 5.41) is 2.91. The average Bonchev–Trinajstić information content (AvgIpc) is 2.65. The third-order valence-electron chi connectivity index (χ3n) is 5.05. The Hall–Kier alpha value is -2.25. The maximum Gasteiger partial charge on any atom is 0.245 e. The van der Waals surface area contributed by atoms with Crippen LogP contribution in [0.2, 0.25) is 0 Å². The van der Waals surface area contributed by atoms with Crippen molar-refractivity contribution in [2.45, 2.75) is 31.6 Å². The third-order valence-corrected chi connectivity index (χ3v) is 6.99. The first-order valence-electron chi connectivity index (χ1n) is 8.92. The van der Waals surface area contributed by atoms with Crippen LogP contribution in [-0.2, 0) is 14.8 Å². The Bertz CT molecular complexity index is 951. The highest BCUT2D eigenvalue weighted by molar-refractivity contribution is 7.89. The second-order valence-electron chi connectivity index (χ2n) is 6.90. The van der Waals surface area contributed by atoms with Gasteiger partial charge < -0.3 is 5.32 Å². The van der Waals surface area contributed by atoms with Crippen molar-refractivity contribution in [3.05, 3.63) is 59.4 Å². The molecule has 1 fully saturated rings. The third kappa shape index (κ3) is 4.20. The molecule has 1 N–H and O–H groups in total. The van der Waals surface area contributed by atoms with Gasteiger partial charge in [-0.1, -0.05) is 18.2 Å². The molecule has 0 spiro atoms. The molecule has 5 nitrogen and oxygen atoms in total. The molecule has 2 aromatic carbocycles. The lowest BCUT2D eigenvalue weighted by atomic mass is 9.97. The minimum atomic E-state index is -3.88. The van der Waals surface area contributed by atoms with Gasteiger partial charge in [-0.15, -0.1) is 0 Å². The molecule has 27 heavy (non-hydrogen) atoms. The fourth-order valence-corrected chi connectivity index (χ4v) is 4.75. The molecule has 0 bridgehead atoms. The average molecular weight is 390 g/mol. The van der Waals surface area contributed by atoms with Crippen molar-refractivity contribution in [3.63, 3.8) is 0 Å². The molecule has 0 aromatic heterocycles. The maximum absolute atomic E-state index is 13.9. The monoisotopic (exact) mass is 390 g/mol. The van der Waals surface area contributed by atoms with Crippen LogP contribution in [0.3, 0.4) is 0 Å². The van der Waals surface area contributed by atoms with Crippen LogP contribution in [0.1, 0.15) is 24.0 Å². The van der Waals surface area contributed by atoms with Crippen molar-refractivity contribution in [3.8, 4) is 0 Å². The van der Waals surface area contributed by atoms with Gasteiger partial charge in [-0.2, -0.15) is 4.31 Å². The number of hydrogen-bond acceptors (Lipinski definition) is 3. The van der Waals surface area contributed by atoms with Gasteiger partial charge in [0, 0.05) is 24.7 Å². The van der Waals surface area contributed by atoms with Crippen LogP contribution in [0, 0.1) is 25.6 Å². The highest BCUT2D eigenvalue weighted by Crippen LogP contribution is 2.26. The largest absolute Gasteiger partial charge is 0.326 e. The lowest BCUT2D eigenvalue weighted by Crippen LogP contribution is -2.41. The number of anilines is 1. The number of rotatable bonds is 4. The van der Waals surface area contributed by atoms with Crippen molar-refractivity contribution in [1.29, 1.82) is 0 Å². The fraction of sp³-hybridized carbons (Fsp3) is 0.350. The zero-order valence-corrected chi connectivity index (χ0v) is 16.2. The zero-order chi connectivity index (χ0) is 19.6. The quantitative estimate of drug-likeness (QED) is 0.869. The Balaban J connectivity index is 1.63. The molecule has 144 valence electrons. The van der Waals surface area contributed by atoms with Crippen molar-refractivity contribution in [2.24, 2.45) is 5.92 Å². The summed E-state index contributed by atoms with van der Waals surface area (Å²) in [4.78, 5) is 12.2. The van der Waals surface area contributed by atoms with Crippen molar-refractivity contribution in [1.82, 2.24) is 4.31 Å². The molecule has 0 atom stereocenters. The van der Waals surface area contributed by atoms with Gasteiger partial charge in [0.2, 0.25) is 15.9 Å². The van der Waals surface area contributed by atoms with Crippen LogP contribution in [0.5, 0.6) is 0 Å². The molecule has 7 heteroatoms.